The fourth-order valence-corrected chi connectivity index (χ4v) is 3.04. The second-order valence-corrected chi connectivity index (χ2v) is 5.92. The lowest BCUT2D eigenvalue weighted by molar-refractivity contribution is 0.414. The third-order valence-electron chi connectivity index (χ3n) is 3.24. The van der Waals surface area contributed by atoms with Gasteiger partial charge in [0.05, 0.1) is 18.1 Å². The minimum Gasteiger partial charge on any atom is -0.497 e. The number of hydrogen-bond acceptors (Lipinski definition) is 3. The summed E-state index contributed by atoms with van der Waals surface area (Å²) < 4.78 is 5.18. The Bertz CT molecular complexity index is 673. The maximum Gasteiger partial charge on any atom is 0.166 e. The Morgan fingerprint density at radius 2 is 1.85 bits per heavy atom. The van der Waals surface area contributed by atoms with E-state index >= 15 is 0 Å². The van der Waals surface area contributed by atoms with E-state index in [1.807, 2.05) is 36.4 Å². The van der Waals surface area contributed by atoms with Crippen molar-refractivity contribution in [1.82, 2.24) is 9.97 Å². The van der Waals surface area contributed by atoms with Crippen LogP contribution in [0.4, 0.5) is 0 Å². The maximum absolute atomic E-state index is 5.18. The first-order valence-electron chi connectivity index (χ1n) is 6.51. The number of ether oxygens (including phenoxy) is 1. The number of aromatic amines is 1. The molecule has 0 radical (unpaired) electrons. The minimum atomic E-state index is 0.335. The molecule has 0 amide bonds. The van der Waals surface area contributed by atoms with E-state index in [2.05, 4.69) is 29.0 Å². The van der Waals surface area contributed by atoms with Gasteiger partial charge in [0.2, 0.25) is 0 Å². The Kier molecular flexibility index (Phi) is 3.65. The molecule has 3 nitrogen and oxygen atoms in total. The average Bonchev–Trinajstić information content (AvgIpc) is 2.89. The van der Waals surface area contributed by atoms with Gasteiger partial charge in [-0.1, -0.05) is 36.0 Å². The van der Waals surface area contributed by atoms with E-state index < -0.39 is 0 Å². The van der Waals surface area contributed by atoms with Crippen molar-refractivity contribution >= 4 is 22.8 Å². The molecule has 3 rings (SSSR count). The summed E-state index contributed by atoms with van der Waals surface area (Å²) in [4.78, 5) is 7.94. The van der Waals surface area contributed by atoms with Gasteiger partial charge in [0.1, 0.15) is 5.75 Å². The molecule has 0 aliphatic carbocycles. The molecule has 0 fully saturated rings. The highest BCUT2D eigenvalue weighted by molar-refractivity contribution is 7.99. The third kappa shape index (κ3) is 2.65. The number of thioether (sulfide) groups is 1. The first-order chi connectivity index (χ1) is 9.76. The molecule has 1 unspecified atom stereocenters. The number of para-hydroxylation sites is 2. The topological polar surface area (TPSA) is 37.9 Å². The zero-order valence-corrected chi connectivity index (χ0v) is 12.3. The Labute approximate surface area is 122 Å². The molecule has 3 aromatic rings. The quantitative estimate of drug-likeness (QED) is 0.720. The van der Waals surface area contributed by atoms with Crippen molar-refractivity contribution in [2.75, 3.05) is 7.11 Å². The predicted octanol–water partition coefficient (Wildman–Crippen LogP) is 4.42. The van der Waals surface area contributed by atoms with Gasteiger partial charge in [-0.25, -0.2) is 4.98 Å². The fourth-order valence-electron chi connectivity index (χ4n) is 2.10. The smallest absolute Gasteiger partial charge is 0.166 e. The highest BCUT2D eigenvalue weighted by Gasteiger charge is 2.10. The van der Waals surface area contributed by atoms with Crippen LogP contribution in [0.3, 0.4) is 0 Å². The first kappa shape index (κ1) is 13.1. The first-order valence-corrected chi connectivity index (χ1v) is 7.39. The lowest BCUT2D eigenvalue weighted by atomic mass is 10.2. The molecular weight excluding hydrogens is 268 g/mol. The largest absolute Gasteiger partial charge is 0.497 e. The summed E-state index contributed by atoms with van der Waals surface area (Å²) in [5.74, 6) is 0.884. The van der Waals surface area contributed by atoms with Gasteiger partial charge in [-0.2, -0.15) is 0 Å². The number of methoxy groups -OCH3 is 1. The van der Waals surface area contributed by atoms with Crippen LogP contribution >= 0.6 is 11.8 Å². The Balaban J connectivity index is 1.78. The Morgan fingerprint density at radius 1 is 1.10 bits per heavy atom. The molecule has 1 atom stereocenters. The zero-order valence-electron chi connectivity index (χ0n) is 11.5. The molecule has 0 saturated heterocycles. The van der Waals surface area contributed by atoms with Crippen molar-refractivity contribution in [2.24, 2.45) is 0 Å². The minimum absolute atomic E-state index is 0.335. The van der Waals surface area contributed by atoms with Crippen LogP contribution in [-0.4, -0.2) is 17.1 Å². The van der Waals surface area contributed by atoms with Gasteiger partial charge in [0.25, 0.3) is 0 Å². The fraction of sp³-hybridized carbons (Fsp3) is 0.188. The summed E-state index contributed by atoms with van der Waals surface area (Å²) in [6, 6.07) is 16.3. The van der Waals surface area contributed by atoms with Crippen molar-refractivity contribution < 1.29 is 4.74 Å². The predicted molar refractivity (Wildman–Crippen MR) is 83.4 cm³/mol. The van der Waals surface area contributed by atoms with Crippen molar-refractivity contribution in [3.63, 3.8) is 0 Å². The molecule has 1 aromatic heterocycles. The van der Waals surface area contributed by atoms with Crippen LogP contribution in [0.25, 0.3) is 11.0 Å². The van der Waals surface area contributed by atoms with Crippen LogP contribution in [0.5, 0.6) is 5.75 Å². The van der Waals surface area contributed by atoms with E-state index in [4.69, 9.17) is 4.74 Å². The normalized spacial score (nSPS) is 12.5. The van der Waals surface area contributed by atoms with Gasteiger partial charge >= 0.3 is 0 Å². The van der Waals surface area contributed by atoms with Gasteiger partial charge in [-0.05, 0) is 36.8 Å². The van der Waals surface area contributed by atoms with E-state index in [-0.39, 0.29) is 0 Å². The van der Waals surface area contributed by atoms with Crippen molar-refractivity contribution in [1.29, 1.82) is 0 Å². The highest BCUT2D eigenvalue weighted by atomic mass is 32.2. The second-order valence-electron chi connectivity index (χ2n) is 4.59. The van der Waals surface area contributed by atoms with E-state index in [1.165, 1.54) is 5.56 Å². The molecule has 0 aliphatic rings. The summed E-state index contributed by atoms with van der Waals surface area (Å²) in [6.07, 6.45) is 0. The summed E-state index contributed by atoms with van der Waals surface area (Å²) in [6.45, 7) is 2.18. The number of aromatic nitrogens is 2. The SMILES string of the molecule is COc1ccc(C(C)Sc2nc3ccccc3[nH]2)cc1. The van der Waals surface area contributed by atoms with Gasteiger partial charge < -0.3 is 9.72 Å². The summed E-state index contributed by atoms with van der Waals surface area (Å²) in [7, 11) is 1.68. The lowest BCUT2D eigenvalue weighted by Gasteiger charge is -2.10. The van der Waals surface area contributed by atoms with Crippen LogP contribution in [0.15, 0.2) is 53.7 Å². The number of rotatable bonds is 4. The van der Waals surface area contributed by atoms with E-state index in [0.717, 1.165) is 21.9 Å². The zero-order chi connectivity index (χ0) is 13.9. The van der Waals surface area contributed by atoms with Crippen molar-refractivity contribution in [3.8, 4) is 5.75 Å². The molecule has 102 valence electrons. The van der Waals surface area contributed by atoms with Gasteiger partial charge in [0.15, 0.2) is 5.16 Å². The number of imidazole rings is 1. The number of H-pyrrole nitrogens is 1. The van der Waals surface area contributed by atoms with E-state index in [1.54, 1.807) is 18.9 Å². The molecule has 1 heterocycles. The monoisotopic (exact) mass is 284 g/mol. The maximum atomic E-state index is 5.18. The third-order valence-corrected chi connectivity index (χ3v) is 4.28. The molecule has 0 aliphatic heterocycles. The second kappa shape index (κ2) is 5.59. The lowest BCUT2D eigenvalue weighted by Crippen LogP contribution is -1.90. The van der Waals surface area contributed by atoms with Crippen LogP contribution in [0.1, 0.15) is 17.7 Å². The summed E-state index contributed by atoms with van der Waals surface area (Å²) in [5, 5.41) is 1.29. The molecule has 1 N–H and O–H groups in total. The summed E-state index contributed by atoms with van der Waals surface area (Å²) in [5.41, 5.74) is 3.35. The number of hydrogen-bond donors (Lipinski definition) is 1. The van der Waals surface area contributed by atoms with Crippen LogP contribution in [0.2, 0.25) is 0 Å². The van der Waals surface area contributed by atoms with Crippen molar-refractivity contribution in [3.05, 3.63) is 54.1 Å². The summed E-state index contributed by atoms with van der Waals surface area (Å²) >= 11 is 1.73. The van der Waals surface area contributed by atoms with Crippen LogP contribution < -0.4 is 4.74 Å². The number of fused-ring (bicyclic) bond motifs is 1. The molecule has 20 heavy (non-hydrogen) atoms. The van der Waals surface area contributed by atoms with Crippen LogP contribution in [0, 0.1) is 0 Å². The molecule has 0 bridgehead atoms. The molecular formula is C16H16N2OS. The average molecular weight is 284 g/mol. The molecule has 0 saturated carbocycles. The Morgan fingerprint density at radius 3 is 2.55 bits per heavy atom. The number of nitrogens with one attached hydrogen (secondary N) is 1. The van der Waals surface area contributed by atoms with Crippen LogP contribution in [-0.2, 0) is 0 Å². The number of benzene rings is 2. The molecule has 0 spiro atoms. The van der Waals surface area contributed by atoms with Crippen molar-refractivity contribution in [2.45, 2.75) is 17.3 Å². The van der Waals surface area contributed by atoms with Gasteiger partial charge in [-0.3, -0.25) is 0 Å². The van der Waals surface area contributed by atoms with E-state index in [9.17, 15) is 0 Å². The van der Waals surface area contributed by atoms with Gasteiger partial charge in [0, 0.05) is 5.25 Å². The highest BCUT2D eigenvalue weighted by Crippen LogP contribution is 2.34. The van der Waals surface area contributed by atoms with E-state index in [0.29, 0.717) is 5.25 Å². The standard InChI is InChI=1S/C16H16N2OS/c1-11(12-7-9-13(19-2)10-8-12)20-16-17-14-5-3-4-6-15(14)18-16/h3-11H,1-2H3,(H,17,18). The molecule has 2 aromatic carbocycles. The number of nitrogens with zero attached hydrogens (tertiary/aromatic N) is 1. The molecule has 4 heteroatoms. The Hall–Kier alpha value is -1.94. The van der Waals surface area contributed by atoms with Gasteiger partial charge in [-0.15, -0.1) is 0 Å².